The first-order valence-corrected chi connectivity index (χ1v) is 8.89. The van der Waals surface area contributed by atoms with Gasteiger partial charge in [-0.15, -0.1) is 0 Å². The van der Waals surface area contributed by atoms with Gasteiger partial charge in [0.25, 0.3) is 5.91 Å². The Balaban J connectivity index is 1.68. The summed E-state index contributed by atoms with van der Waals surface area (Å²) in [6.45, 7) is 5.96. The van der Waals surface area contributed by atoms with Gasteiger partial charge in [0, 0.05) is 11.4 Å². The molecule has 0 spiro atoms. The van der Waals surface area contributed by atoms with E-state index in [4.69, 9.17) is 0 Å². The largest absolute Gasteiger partial charge is 0.298 e. The third kappa shape index (κ3) is 2.76. The van der Waals surface area contributed by atoms with Crippen LogP contribution in [0, 0.1) is 13.8 Å². The molecule has 0 aliphatic rings. The van der Waals surface area contributed by atoms with Crippen LogP contribution in [0.15, 0.2) is 30.5 Å². The number of aryl methyl sites for hydroxylation is 3. The van der Waals surface area contributed by atoms with Crippen LogP contribution < -0.4 is 5.32 Å². The molecular formula is C18H17N5OS. The van der Waals surface area contributed by atoms with Crippen LogP contribution in [0.2, 0.25) is 0 Å². The molecule has 4 aromatic rings. The van der Waals surface area contributed by atoms with E-state index in [1.54, 1.807) is 10.7 Å². The quantitative estimate of drug-likeness (QED) is 0.610. The highest BCUT2D eigenvalue weighted by molar-refractivity contribution is 7.22. The smallest absolute Gasteiger partial charge is 0.262 e. The molecule has 0 atom stereocenters. The Morgan fingerprint density at radius 3 is 2.88 bits per heavy atom. The van der Waals surface area contributed by atoms with Crippen molar-refractivity contribution in [3.8, 4) is 0 Å². The van der Waals surface area contributed by atoms with Crippen molar-refractivity contribution in [1.29, 1.82) is 0 Å². The molecule has 3 aromatic heterocycles. The lowest BCUT2D eigenvalue weighted by atomic mass is 10.2. The molecule has 0 aliphatic carbocycles. The highest BCUT2D eigenvalue weighted by Gasteiger charge is 2.17. The fourth-order valence-electron chi connectivity index (χ4n) is 2.84. The summed E-state index contributed by atoms with van der Waals surface area (Å²) in [5, 5.41) is 7.72. The van der Waals surface area contributed by atoms with Crippen molar-refractivity contribution in [3.63, 3.8) is 0 Å². The maximum atomic E-state index is 12.7. The summed E-state index contributed by atoms with van der Waals surface area (Å²) in [4.78, 5) is 21.6. The first kappa shape index (κ1) is 15.7. The molecule has 1 N–H and O–H groups in total. The first-order valence-electron chi connectivity index (χ1n) is 8.08. The maximum absolute atomic E-state index is 12.7. The minimum Gasteiger partial charge on any atom is -0.298 e. The molecule has 126 valence electrons. The molecule has 3 heterocycles. The van der Waals surface area contributed by atoms with Crippen molar-refractivity contribution in [2.75, 3.05) is 5.32 Å². The van der Waals surface area contributed by atoms with Gasteiger partial charge in [-0.3, -0.25) is 10.1 Å². The van der Waals surface area contributed by atoms with Crippen molar-refractivity contribution in [2.24, 2.45) is 0 Å². The average Bonchev–Trinajstić information content (AvgIpc) is 3.17. The lowest BCUT2D eigenvalue weighted by molar-refractivity contribution is 0.102. The molecule has 4 rings (SSSR count). The molecule has 0 saturated carbocycles. The van der Waals surface area contributed by atoms with E-state index in [2.05, 4.69) is 39.4 Å². The Labute approximate surface area is 148 Å². The number of fused-ring (bicyclic) bond motifs is 2. The maximum Gasteiger partial charge on any atom is 0.262 e. The number of hydrogen-bond donors (Lipinski definition) is 1. The second-order valence-corrected chi connectivity index (χ2v) is 6.99. The minimum absolute atomic E-state index is 0.248. The summed E-state index contributed by atoms with van der Waals surface area (Å²) in [6.07, 6.45) is 2.52. The zero-order valence-electron chi connectivity index (χ0n) is 14.2. The van der Waals surface area contributed by atoms with Gasteiger partial charge in [0.2, 0.25) is 0 Å². The molecular weight excluding hydrogens is 334 g/mol. The van der Waals surface area contributed by atoms with Crippen molar-refractivity contribution in [3.05, 3.63) is 53.0 Å². The van der Waals surface area contributed by atoms with Gasteiger partial charge in [-0.25, -0.2) is 14.5 Å². The van der Waals surface area contributed by atoms with E-state index < -0.39 is 0 Å². The molecule has 0 fully saturated rings. The molecule has 0 unspecified atom stereocenters. The van der Waals surface area contributed by atoms with Crippen molar-refractivity contribution in [1.82, 2.24) is 19.6 Å². The van der Waals surface area contributed by atoms with Crippen LogP contribution in [0.4, 0.5) is 5.13 Å². The third-order valence-corrected chi connectivity index (χ3v) is 5.04. The fraction of sp³-hybridized carbons (Fsp3) is 0.222. The highest BCUT2D eigenvalue weighted by Crippen LogP contribution is 2.27. The van der Waals surface area contributed by atoms with Gasteiger partial charge >= 0.3 is 0 Å². The summed E-state index contributed by atoms with van der Waals surface area (Å²) < 4.78 is 2.74. The van der Waals surface area contributed by atoms with Crippen LogP contribution in [0.5, 0.6) is 0 Å². The van der Waals surface area contributed by atoms with Crippen molar-refractivity contribution < 1.29 is 4.79 Å². The zero-order chi connectivity index (χ0) is 17.6. The molecule has 0 radical (unpaired) electrons. The van der Waals surface area contributed by atoms with Crippen LogP contribution >= 0.6 is 11.3 Å². The van der Waals surface area contributed by atoms with Crippen molar-refractivity contribution in [2.45, 2.75) is 27.2 Å². The molecule has 1 aromatic carbocycles. The Morgan fingerprint density at radius 1 is 1.24 bits per heavy atom. The van der Waals surface area contributed by atoms with Crippen LogP contribution in [-0.2, 0) is 6.42 Å². The topological polar surface area (TPSA) is 72.2 Å². The number of carbonyl (C=O) groups excluding carboxylic acids is 1. The average molecular weight is 351 g/mol. The van der Waals surface area contributed by atoms with Crippen LogP contribution in [0.3, 0.4) is 0 Å². The monoisotopic (exact) mass is 351 g/mol. The number of benzene rings is 1. The first-order chi connectivity index (χ1) is 12.0. The number of aromatic nitrogens is 4. The molecule has 1 amide bonds. The lowest BCUT2D eigenvalue weighted by Gasteiger charge is -2.02. The van der Waals surface area contributed by atoms with Crippen LogP contribution in [-0.4, -0.2) is 25.5 Å². The summed E-state index contributed by atoms with van der Waals surface area (Å²) in [6, 6.07) is 8.10. The van der Waals surface area contributed by atoms with Gasteiger partial charge in [0.15, 0.2) is 10.8 Å². The third-order valence-electron chi connectivity index (χ3n) is 4.10. The van der Waals surface area contributed by atoms with E-state index in [-0.39, 0.29) is 5.91 Å². The minimum atomic E-state index is -0.248. The number of hydrogen-bond acceptors (Lipinski definition) is 5. The van der Waals surface area contributed by atoms with E-state index in [1.807, 2.05) is 26.0 Å². The van der Waals surface area contributed by atoms with Gasteiger partial charge in [-0.1, -0.05) is 24.3 Å². The SMILES string of the molecule is CCc1ccc2nc(NC(=O)c3cnn4c(C)cc(C)nc34)sc2c1. The van der Waals surface area contributed by atoms with E-state index in [9.17, 15) is 4.79 Å². The molecule has 0 bridgehead atoms. The standard InChI is InChI=1S/C18H17N5OS/c1-4-12-5-6-14-15(8-12)25-18(21-14)22-17(24)13-9-19-23-11(3)7-10(2)20-16(13)23/h5-9H,4H2,1-3H3,(H,21,22,24). The molecule has 0 saturated heterocycles. The Hall–Kier alpha value is -2.80. The van der Waals surface area contributed by atoms with Gasteiger partial charge in [0.1, 0.15) is 5.56 Å². The number of thiazole rings is 1. The summed E-state index contributed by atoms with van der Waals surface area (Å²) >= 11 is 1.47. The van der Waals surface area contributed by atoms with Gasteiger partial charge < -0.3 is 0 Å². The summed E-state index contributed by atoms with van der Waals surface area (Å²) in [5.74, 6) is -0.248. The Morgan fingerprint density at radius 2 is 2.08 bits per heavy atom. The van der Waals surface area contributed by atoms with E-state index in [0.717, 1.165) is 28.0 Å². The Kier molecular flexibility index (Phi) is 3.73. The van der Waals surface area contributed by atoms with Gasteiger partial charge in [-0.05, 0) is 44.0 Å². The number of nitrogens with zero attached hydrogens (tertiary/aromatic N) is 4. The Bertz CT molecular complexity index is 1110. The van der Waals surface area contributed by atoms with Crippen LogP contribution in [0.25, 0.3) is 15.9 Å². The van der Waals surface area contributed by atoms with Crippen molar-refractivity contribution >= 4 is 38.2 Å². The summed E-state index contributed by atoms with van der Waals surface area (Å²) in [5.41, 5.74) is 4.94. The second-order valence-electron chi connectivity index (χ2n) is 5.96. The molecule has 6 nitrogen and oxygen atoms in total. The number of anilines is 1. The molecule has 7 heteroatoms. The predicted molar refractivity (Wildman–Crippen MR) is 99.4 cm³/mol. The number of nitrogens with one attached hydrogen (secondary N) is 1. The number of amides is 1. The van der Waals surface area contributed by atoms with Gasteiger partial charge in [0.05, 0.1) is 16.4 Å². The number of rotatable bonds is 3. The van der Waals surface area contributed by atoms with E-state index in [0.29, 0.717) is 16.3 Å². The molecule has 0 aliphatic heterocycles. The fourth-order valence-corrected chi connectivity index (χ4v) is 3.76. The van der Waals surface area contributed by atoms with E-state index >= 15 is 0 Å². The van der Waals surface area contributed by atoms with Gasteiger partial charge in [-0.2, -0.15) is 5.10 Å². The zero-order valence-corrected chi connectivity index (χ0v) is 15.0. The molecule has 25 heavy (non-hydrogen) atoms. The normalized spacial score (nSPS) is 11.3. The predicted octanol–water partition coefficient (Wildman–Crippen LogP) is 3.77. The van der Waals surface area contributed by atoms with Crippen LogP contribution in [0.1, 0.15) is 34.2 Å². The summed E-state index contributed by atoms with van der Waals surface area (Å²) in [7, 11) is 0. The second kappa shape index (κ2) is 5.93. The number of carbonyl (C=O) groups is 1. The van der Waals surface area contributed by atoms with E-state index in [1.165, 1.54) is 16.9 Å². The lowest BCUT2D eigenvalue weighted by Crippen LogP contribution is -2.12. The highest BCUT2D eigenvalue weighted by atomic mass is 32.1.